The van der Waals surface area contributed by atoms with E-state index >= 15 is 0 Å². The molecule has 24 heavy (non-hydrogen) atoms. The predicted molar refractivity (Wildman–Crippen MR) is 95.9 cm³/mol. The molecule has 0 aromatic heterocycles. The van der Waals surface area contributed by atoms with Crippen molar-refractivity contribution in [1.82, 2.24) is 5.32 Å². The van der Waals surface area contributed by atoms with Crippen LogP contribution in [0.1, 0.15) is 35.3 Å². The zero-order chi connectivity index (χ0) is 17.5. The summed E-state index contributed by atoms with van der Waals surface area (Å²) in [4.78, 5) is 0. The average molecular weight is 350 g/mol. The van der Waals surface area contributed by atoms with Gasteiger partial charge in [0.2, 0.25) is 0 Å². The second-order valence-corrected chi connectivity index (χ2v) is 6.44. The lowest BCUT2D eigenvalue weighted by molar-refractivity contribution is 0.170. The number of aliphatic hydroxyl groups excluding tert-OH is 3. The van der Waals surface area contributed by atoms with Crippen LogP contribution in [0.3, 0.4) is 0 Å². The number of hydrogen-bond acceptors (Lipinski definition) is 4. The fraction of sp³-hybridized carbons (Fsp3) is 0.368. The highest BCUT2D eigenvalue weighted by Crippen LogP contribution is 2.18. The summed E-state index contributed by atoms with van der Waals surface area (Å²) in [6, 6.07) is 13.1. The molecule has 0 aliphatic heterocycles. The van der Waals surface area contributed by atoms with Gasteiger partial charge in [-0.05, 0) is 47.7 Å². The van der Waals surface area contributed by atoms with E-state index in [-0.39, 0.29) is 19.3 Å². The normalized spacial score (nSPS) is 13.7. The maximum atomic E-state index is 10.2. The van der Waals surface area contributed by atoms with Crippen molar-refractivity contribution < 1.29 is 15.3 Å². The Kier molecular flexibility index (Phi) is 7.21. The second kappa shape index (κ2) is 9.16. The fourth-order valence-corrected chi connectivity index (χ4v) is 2.88. The summed E-state index contributed by atoms with van der Waals surface area (Å²) in [5.41, 5.74) is 3.37. The number of hydrogen-bond donors (Lipinski definition) is 4. The zero-order valence-corrected chi connectivity index (χ0v) is 14.5. The summed E-state index contributed by atoms with van der Waals surface area (Å²) < 4.78 is 0. The Bertz CT molecular complexity index is 663. The minimum absolute atomic E-state index is 0.0736. The summed E-state index contributed by atoms with van der Waals surface area (Å²) >= 11 is 5.94. The van der Waals surface area contributed by atoms with Crippen LogP contribution >= 0.6 is 11.6 Å². The molecule has 0 aliphatic carbocycles. The number of nitrogens with one attached hydrogen (secondary N) is 1. The summed E-state index contributed by atoms with van der Waals surface area (Å²) in [6.45, 7) is 2.32. The summed E-state index contributed by atoms with van der Waals surface area (Å²) in [5.74, 6) is 0. The molecule has 5 heteroatoms. The average Bonchev–Trinajstić information content (AvgIpc) is 2.59. The molecule has 0 saturated carbocycles. The Morgan fingerprint density at radius 2 is 1.79 bits per heavy atom. The summed E-state index contributed by atoms with van der Waals surface area (Å²) in [7, 11) is 0. The molecule has 0 spiro atoms. The molecule has 2 unspecified atom stereocenters. The highest BCUT2D eigenvalue weighted by molar-refractivity contribution is 6.30. The minimum Gasteiger partial charge on any atom is -0.392 e. The first-order valence-electron chi connectivity index (χ1n) is 8.02. The van der Waals surface area contributed by atoms with Gasteiger partial charge in [-0.2, -0.15) is 0 Å². The molecule has 4 N–H and O–H groups in total. The second-order valence-electron chi connectivity index (χ2n) is 6.00. The molecule has 2 rings (SSSR count). The molecule has 2 aromatic rings. The molecular weight excluding hydrogens is 326 g/mol. The highest BCUT2D eigenvalue weighted by atomic mass is 35.5. The molecule has 130 valence electrons. The van der Waals surface area contributed by atoms with E-state index in [0.29, 0.717) is 11.6 Å². The van der Waals surface area contributed by atoms with Crippen LogP contribution in [-0.4, -0.2) is 27.9 Å². The van der Waals surface area contributed by atoms with E-state index in [2.05, 4.69) is 5.32 Å². The maximum absolute atomic E-state index is 10.2. The van der Waals surface area contributed by atoms with Gasteiger partial charge in [0.1, 0.15) is 0 Å². The number of benzene rings is 2. The van der Waals surface area contributed by atoms with Gasteiger partial charge in [0.15, 0.2) is 0 Å². The van der Waals surface area contributed by atoms with Crippen LogP contribution in [0, 0.1) is 0 Å². The number of aliphatic hydroxyl groups is 3. The van der Waals surface area contributed by atoms with Crippen molar-refractivity contribution in [1.29, 1.82) is 0 Å². The molecule has 0 heterocycles. The van der Waals surface area contributed by atoms with Gasteiger partial charge in [-0.1, -0.05) is 41.9 Å². The lowest BCUT2D eigenvalue weighted by Crippen LogP contribution is -2.32. The molecule has 0 bridgehead atoms. The van der Waals surface area contributed by atoms with Crippen molar-refractivity contribution in [3.63, 3.8) is 0 Å². The third-order valence-electron chi connectivity index (χ3n) is 4.05. The van der Waals surface area contributed by atoms with E-state index in [1.807, 2.05) is 37.3 Å². The molecular formula is C19H24ClNO3. The van der Waals surface area contributed by atoms with E-state index in [1.54, 1.807) is 12.1 Å². The third-order valence-corrected chi connectivity index (χ3v) is 4.28. The maximum Gasteiger partial charge on any atom is 0.0914 e. The lowest BCUT2D eigenvalue weighted by atomic mass is 10.0. The standard InChI is InChI=1S/C19H24ClNO3/c1-13(7-14-5-6-16(11-22)17(8-14)12-23)21-10-19(24)15-3-2-4-18(20)9-15/h2-6,8-9,13,19,21-24H,7,10-12H2,1H3. The van der Waals surface area contributed by atoms with Crippen LogP contribution in [0.15, 0.2) is 42.5 Å². The lowest BCUT2D eigenvalue weighted by Gasteiger charge is -2.18. The molecule has 0 radical (unpaired) electrons. The monoisotopic (exact) mass is 349 g/mol. The molecule has 0 aliphatic rings. The van der Waals surface area contributed by atoms with Crippen LogP contribution in [0.2, 0.25) is 5.02 Å². The fourth-order valence-electron chi connectivity index (χ4n) is 2.68. The highest BCUT2D eigenvalue weighted by Gasteiger charge is 2.11. The van der Waals surface area contributed by atoms with E-state index in [1.165, 1.54) is 0 Å². The van der Waals surface area contributed by atoms with Crippen LogP contribution < -0.4 is 5.32 Å². The Hall–Kier alpha value is -1.43. The quantitative estimate of drug-likeness (QED) is 0.591. The minimum atomic E-state index is -0.615. The van der Waals surface area contributed by atoms with Crippen molar-refractivity contribution in [2.75, 3.05) is 6.54 Å². The Morgan fingerprint density at radius 1 is 1.04 bits per heavy atom. The molecule has 2 atom stereocenters. The largest absolute Gasteiger partial charge is 0.392 e. The van der Waals surface area contributed by atoms with Gasteiger partial charge < -0.3 is 20.6 Å². The number of rotatable bonds is 8. The van der Waals surface area contributed by atoms with Crippen molar-refractivity contribution in [3.05, 3.63) is 69.7 Å². The molecule has 4 nitrogen and oxygen atoms in total. The first-order chi connectivity index (χ1) is 11.5. The van der Waals surface area contributed by atoms with Crippen molar-refractivity contribution in [2.45, 2.75) is 38.7 Å². The van der Waals surface area contributed by atoms with Gasteiger partial charge in [0, 0.05) is 17.6 Å². The van der Waals surface area contributed by atoms with Crippen LogP contribution in [0.25, 0.3) is 0 Å². The van der Waals surface area contributed by atoms with Gasteiger partial charge >= 0.3 is 0 Å². The Balaban J connectivity index is 1.90. The third kappa shape index (κ3) is 5.30. The smallest absolute Gasteiger partial charge is 0.0914 e. The van der Waals surface area contributed by atoms with Crippen molar-refractivity contribution in [2.24, 2.45) is 0 Å². The molecule has 0 amide bonds. The van der Waals surface area contributed by atoms with Crippen LogP contribution in [0.5, 0.6) is 0 Å². The van der Waals surface area contributed by atoms with Crippen LogP contribution in [-0.2, 0) is 19.6 Å². The van der Waals surface area contributed by atoms with Gasteiger partial charge in [-0.15, -0.1) is 0 Å². The first-order valence-corrected chi connectivity index (χ1v) is 8.40. The van der Waals surface area contributed by atoms with Gasteiger partial charge in [-0.25, -0.2) is 0 Å². The van der Waals surface area contributed by atoms with Crippen LogP contribution in [0.4, 0.5) is 0 Å². The molecule has 0 fully saturated rings. The van der Waals surface area contributed by atoms with Crippen molar-refractivity contribution in [3.8, 4) is 0 Å². The topological polar surface area (TPSA) is 72.7 Å². The van der Waals surface area contributed by atoms with E-state index in [4.69, 9.17) is 11.6 Å². The van der Waals surface area contributed by atoms with Crippen molar-refractivity contribution >= 4 is 11.6 Å². The number of halogens is 1. The van der Waals surface area contributed by atoms with Gasteiger partial charge in [0.25, 0.3) is 0 Å². The SMILES string of the molecule is CC(Cc1ccc(CO)c(CO)c1)NCC(O)c1cccc(Cl)c1. The first kappa shape index (κ1) is 18.9. The zero-order valence-electron chi connectivity index (χ0n) is 13.7. The van der Waals surface area contributed by atoms with E-state index in [9.17, 15) is 15.3 Å². The molecule has 2 aromatic carbocycles. The van der Waals surface area contributed by atoms with E-state index < -0.39 is 6.10 Å². The summed E-state index contributed by atoms with van der Waals surface area (Å²) in [6.07, 6.45) is 0.150. The van der Waals surface area contributed by atoms with Gasteiger partial charge in [0.05, 0.1) is 19.3 Å². The Morgan fingerprint density at radius 3 is 2.46 bits per heavy atom. The molecule has 0 saturated heterocycles. The Labute approximate surface area is 147 Å². The van der Waals surface area contributed by atoms with Gasteiger partial charge in [-0.3, -0.25) is 0 Å². The summed E-state index contributed by atoms with van der Waals surface area (Å²) in [5, 5.41) is 32.7. The predicted octanol–water partition coefficient (Wildman–Crippen LogP) is 2.58. The van der Waals surface area contributed by atoms with E-state index in [0.717, 1.165) is 28.7 Å².